The maximum absolute atomic E-state index is 12.5. The van der Waals surface area contributed by atoms with E-state index < -0.39 is 11.9 Å². The van der Waals surface area contributed by atoms with Crippen LogP contribution in [0.5, 0.6) is 0 Å². The first kappa shape index (κ1) is 19.6. The third-order valence-corrected chi connectivity index (χ3v) is 4.26. The molecule has 0 amide bonds. The number of ether oxygens (including phenoxy) is 2. The van der Waals surface area contributed by atoms with Gasteiger partial charge in [0.1, 0.15) is 5.69 Å². The largest absolute Gasteiger partial charge is 0.461 e. The highest BCUT2D eigenvalue weighted by Gasteiger charge is 2.24. The Morgan fingerprint density at radius 2 is 1.82 bits per heavy atom. The number of hydrogen-bond donors (Lipinski definition) is 1. The van der Waals surface area contributed by atoms with Crippen molar-refractivity contribution in [1.82, 2.24) is 15.2 Å². The van der Waals surface area contributed by atoms with Crippen LogP contribution in [0.4, 0.5) is 0 Å². The van der Waals surface area contributed by atoms with Gasteiger partial charge < -0.3 is 18.9 Å². The number of carbonyl (C=O) groups is 2. The number of hydrogen-bond acceptors (Lipinski definition) is 7. The van der Waals surface area contributed by atoms with Crippen LogP contribution in [0.3, 0.4) is 0 Å². The van der Waals surface area contributed by atoms with Gasteiger partial charge in [0.25, 0.3) is 5.89 Å². The fourth-order valence-electron chi connectivity index (χ4n) is 2.68. The van der Waals surface area contributed by atoms with E-state index in [1.807, 2.05) is 0 Å². The Morgan fingerprint density at radius 1 is 1.11 bits per heavy atom. The van der Waals surface area contributed by atoms with Gasteiger partial charge in [-0.15, -0.1) is 10.2 Å². The number of benzene rings is 1. The van der Waals surface area contributed by atoms with Gasteiger partial charge in [-0.25, -0.2) is 9.59 Å². The van der Waals surface area contributed by atoms with Crippen molar-refractivity contribution in [3.05, 3.63) is 57.7 Å². The zero-order valence-corrected chi connectivity index (χ0v) is 16.3. The van der Waals surface area contributed by atoms with Crippen LogP contribution >= 0.6 is 11.6 Å². The molecule has 0 aliphatic heterocycles. The van der Waals surface area contributed by atoms with E-state index in [1.165, 1.54) is 0 Å². The molecule has 8 nitrogen and oxygen atoms in total. The van der Waals surface area contributed by atoms with Gasteiger partial charge in [-0.2, -0.15) is 0 Å². The summed E-state index contributed by atoms with van der Waals surface area (Å²) in [5, 5.41) is 8.40. The minimum atomic E-state index is -0.604. The molecule has 0 radical (unpaired) electrons. The van der Waals surface area contributed by atoms with Crippen molar-refractivity contribution in [1.29, 1.82) is 0 Å². The van der Waals surface area contributed by atoms with E-state index in [0.717, 1.165) is 0 Å². The van der Waals surface area contributed by atoms with Crippen LogP contribution in [0.2, 0.25) is 5.02 Å². The highest BCUT2D eigenvalue weighted by molar-refractivity contribution is 6.30. The van der Waals surface area contributed by atoms with Crippen molar-refractivity contribution in [2.45, 2.75) is 27.4 Å². The minimum absolute atomic E-state index is 0.148. The smallest absolute Gasteiger partial charge is 0.355 e. The molecule has 0 unspecified atom stereocenters. The summed E-state index contributed by atoms with van der Waals surface area (Å²) in [5.74, 6) is -0.684. The molecule has 146 valence electrons. The van der Waals surface area contributed by atoms with Crippen LogP contribution in [0.1, 0.15) is 44.9 Å². The molecule has 0 atom stereocenters. The minimum Gasteiger partial charge on any atom is -0.461 e. The molecule has 3 aromatic rings. The highest BCUT2D eigenvalue weighted by Crippen LogP contribution is 2.22. The molecule has 2 heterocycles. The van der Waals surface area contributed by atoms with Gasteiger partial charge in [-0.3, -0.25) is 0 Å². The molecule has 28 heavy (non-hydrogen) atoms. The molecule has 1 aromatic carbocycles. The van der Waals surface area contributed by atoms with Gasteiger partial charge in [0.05, 0.1) is 12.2 Å². The topological polar surface area (TPSA) is 107 Å². The van der Waals surface area contributed by atoms with Crippen molar-refractivity contribution < 1.29 is 23.5 Å². The molecular weight excluding hydrogens is 386 g/mol. The summed E-state index contributed by atoms with van der Waals surface area (Å²) in [7, 11) is 0. The second-order valence-electron chi connectivity index (χ2n) is 5.93. The Bertz CT molecular complexity index is 1010. The molecule has 1 N–H and O–H groups in total. The fraction of sp³-hybridized carbons (Fsp3) is 0.263. The normalized spacial score (nSPS) is 10.7. The monoisotopic (exact) mass is 403 g/mol. The molecule has 0 spiro atoms. The van der Waals surface area contributed by atoms with Gasteiger partial charge in [-0.1, -0.05) is 11.6 Å². The second-order valence-corrected chi connectivity index (χ2v) is 6.37. The lowest BCUT2D eigenvalue weighted by molar-refractivity contribution is 0.0437. The Morgan fingerprint density at radius 3 is 2.50 bits per heavy atom. The lowest BCUT2D eigenvalue weighted by atomic mass is 10.1. The van der Waals surface area contributed by atoms with Gasteiger partial charge in [0.2, 0.25) is 5.89 Å². The second kappa shape index (κ2) is 8.26. The molecule has 0 bridgehead atoms. The number of halogens is 1. The molecule has 0 fully saturated rings. The summed E-state index contributed by atoms with van der Waals surface area (Å²) in [6.07, 6.45) is 0. The number of H-pyrrole nitrogens is 1. The van der Waals surface area contributed by atoms with Crippen LogP contribution in [0.25, 0.3) is 11.5 Å². The lowest BCUT2D eigenvalue weighted by Gasteiger charge is -2.03. The zero-order chi connectivity index (χ0) is 20.3. The predicted octanol–water partition coefficient (Wildman–Crippen LogP) is 3.87. The first-order valence-corrected chi connectivity index (χ1v) is 8.90. The van der Waals surface area contributed by atoms with Crippen LogP contribution in [0, 0.1) is 13.8 Å². The molecule has 0 aliphatic carbocycles. The Balaban J connectivity index is 1.70. The molecule has 0 saturated heterocycles. The number of aromatic amines is 1. The van der Waals surface area contributed by atoms with Gasteiger partial charge in [0.15, 0.2) is 6.61 Å². The standard InChI is InChI=1S/C19H18ClN3O5/c1-4-26-19(25)16-10(2)15(11(3)21-16)18(24)27-9-14-22-23-17(28-14)12-5-7-13(20)8-6-12/h5-8,21H,4,9H2,1-3H3. The lowest BCUT2D eigenvalue weighted by Crippen LogP contribution is -2.09. The van der Waals surface area contributed by atoms with Crippen molar-refractivity contribution >= 4 is 23.5 Å². The number of nitrogens with zero attached hydrogens (tertiary/aromatic N) is 2. The molecular formula is C19H18ClN3O5. The number of carbonyl (C=O) groups excluding carboxylic acids is 2. The number of rotatable bonds is 6. The SMILES string of the molecule is CCOC(=O)c1[nH]c(C)c(C(=O)OCc2nnc(-c3ccc(Cl)cc3)o2)c1C. The Labute approximate surface area is 165 Å². The van der Waals surface area contributed by atoms with E-state index in [0.29, 0.717) is 27.7 Å². The zero-order valence-electron chi connectivity index (χ0n) is 15.5. The molecule has 0 aliphatic rings. The molecule has 2 aromatic heterocycles. The average Bonchev–Trinajstić information content (AvgIpc) is 3.25. The van der Waals surface area contributed by atoms with E-state index in [4.69, 9.17) is 25.5 Å². The third-order valence-electron chi connectivity index (χ3n) is 4.01. The summed E-state index contributed by atoms with van der Waals surface area (Å²) in [6, 6.07) is 6.91. The van der Waals surface area contributed by atoms with Crippen LogP contribution < -0.4 is 0 Å². The van der Waals surface area contributed by atoms with Crippen molar-refractivity contribution in [2.75, 3.05) is 6.61 Å². The van der Waals surface area contributed by atoms with Crippen LogP contribution in [-0.4, -0.2) is 33.7 Å². The van der Waals surface area contributed by atoms with Gasteiger partial charge >= 0.3 is 11.9 Å². The first-order chi connectivity index (χ1) is 13.4. The summed E-state index contributed by atoms with van der Waals surface area (Å²) >= 11 is 5.86. The number of esters is 2. The van der Waals surface area contributed by atoms with E-state index in [1.54, 1.807) is 45.0 Å². The summed E-state index contributed by atoms with van der Waals surface area (Å²) in [5.41, 5.74) is 2.19. The molecule has 3 rings (SSSR count). The quantitative estimate of drug-likeness (QED) is 0.622. The average molecular weight is 404 g/mol. The fourth-order valence-corrected chi connectivity index (χ4v) is 2.81. The highest BCUT2D eigenvalue weighted by atomic mass is 35.5. The van der Waals surface area contributed by atoms with Crippen LogP contribution in [-0.2, 0) is 16.1 Å². The van der Waals surface area contributed by atoms with E-state index in [-0.39, 0.29) is 30.4 Å². The Hall–Kier alpha value is -3.13. The van der Waals surface area contributed by atoms with Crippen LogP contribution in [0.15, 0.2) is 28.7 Å². The van der Waals surface area contributed by atoms with E-state index >= 15 is 0 Å². The molecule has 0 saturated carbocycles. The maximum Gasteiger partial charge on any atom is 0.355 e. The molecule has 9 heteroatoms. The number of aryl methyl sites for hydroxylation is 1. The van der Waals surface area contributed by atoms with Crippen molar-refractivity contribution in [3.63, 3.8) is 0 Å². The predicted molar refractivity (Wildman–Crippen MR) is 100 cm³/mol. The van der Waals surface area contributed by atoms with E-state index in [9.17, 15) is 9.59 Å². The van der Waals surface area contributed by atoms with Gasteiger partial charge in [0, 0.05) is 16.3 Å². The van der Waals surface area contributed by atoms with Crippen molar-refractivity contribution in [3.8, 4) is 11.5 Å². The number of aromatic nitrogens is 3. The first-order valence-electron chi connectivity index (χ1n) is 8.52. The van der Waals surface area contributed by atoms with Gasteiger partial charge in [-0.05, 0) is 50.6 Å². The maximum atomic E-state index is 12.5. The number of nitrogens with one attached hydrogen (secondary N) is 1. The van der Waals surface area contributed by atoms with Crippen molar-refractivity contribution in [2.24, 2.45) is 0 Å². The summed E-state index contributed by atoms with van der Waals surface area (Å²) in [4.78, 5) is 27.3. The summed E-state index contributed by atoms with van der Waals surface area (Å²) in [6.45, 7) is 5.08. The Kier molecular flexibility index (Phi) is 5.79. The third kappa shape index (κ3) is 4.07. The summed E-state index contributed by atoms with van der Waals surface area (Å²) < 4.78 is 15.8. The van der Waals surface area contributed by atoms with E-state index in [2.05, 4.69) is 15.2 Å².